The first-order chi connectivity index (χ1) is 8.25. The summed E-state index contributed by atoms with van der Waals surface area (Å²) in [6.45, 7) is 0.534. The summed E-state index contributed by atoms with van der Waals surface area (Å²) in [7, 11) is 0. The van der Waals surface area contributed by atoms with E-state index in [2.05, 4.69) is 15.2 Å². The van der Waals surface area contributed by atoms with Gasteiger partial charge in [-0.15, -0.1) is 0 Å². The van der Waals surface area contributed by atoms with Gasteiger partial charge in [0.25, 0.3) is 0 Å². The predicted octanol–water partition coefficient (Wildman–Crippen LogP) is 3.28. The Labute approximate surface area is 113 Å². The Balaban J connectivity index is 1.78. The van der Waals surface area contributed by atoms with Crippen LogP contribution in [-0.2, 0) is 0 Å². The first kappa shape index (κ1) is 12.5. The molecular weight excluding hydrogens is 281 g/mol. The topological polar surface area (TPSA) is 50.8 Å². The molecule has 0 fully saturated rings. The molecule has 0 aliphatic rings. The second kappa shape index (κ2) is 6.14. The standard InChI is InChI=1S/C10H9Cl2N3OS/c11-7-1-2-9(8(12)5-7)16-3-4-17-10-13-6-14-15-10/h1-2,5-6H,3-4H2,(H,13,14,15). The molecule has 0 aliphatic heterocycles. The van der Waals surface area contributed by atoms with Crippen LogP contribution in [-0.4, -0.2) is 27.5 Å². The Morgan fingerprint density at radius 3 is 2.94 bits per heavy atom. The van der Waals surface area contributed by atoms with Crippen molar-refractivity contribution in [1.82, 2.24) is 15.2 Å². The Bertz CT molecular complexity index is 478. The van der Waals surface area contributed by atoms with E-state index >= 15 is 0 Å². The minimum atomic E-state index is 0.516. The van der Waals surface area contributed by atoms with E-state index in [1.165, 1.54) is 18.1 Å². The van der Waals surface area contributed by atoms with E-state index in [1.54, 1.807) is 18.2 Å². The number of H-pyrrole nitrogens is 1. The molecule has 90 valence electrons. The Kier molecular flexibility index (Phi) is 4.53. The number of halogens is 2. The Hall–Kier alpha value is -0.910. The molecule has 0 spiro atoms. The van der Waals surface area contributed by atoms with Gasteiger partial charge in [0.15, 0.2) is 5.16 Å². The summed E-state index contributed by atoms with van der Waals surface area (Å²) in [4.78, 5) is 3.99. The smallest absolute Gasteiger partial charge is 0.183 e. The van der Waals surface area contributed by atoms with Crippen molar-refractivity contribution in [3.63, 3.8) is 0 Å². The van der Waals surface area contributed by atoms with Crippen molar-refractivity contribution in [2.75, 3.05) is 12.4 Å². The molecule has 0 unspecified atom stereocenters. The van der Waals surface area contributed by atoms with Gasteiger partial charge in [-0.25, -0.2) is 4.98 Å². The molecule has 0 saturated heterocycles. The largest absolute Gasteiger partial charge is 0.491 e. The van der Waals surface area contributed by atoms with Gasteiger partial charge < -0.3 is 4.74 Å². The van der Waals surface area contributed by atoms with E-state index in [-0.39, 0.29) is 0 Å². The second-order valence-corrected chi connectivity index (χ2v) is 4.99. The molecule has 1 aromatic heterocycles. The quantitative estimate of drug-likeness (QED) is 0.678. The van der Waals surface area contributed by atoms with Crippen LogP contribution >= 0.6 is 35.0 Å². The number of nitrogens with one attached hydrogen (secondary N) is 1. The molecule has 1 aromatic carbocycles. The zero-order valence-corrected chi connectivity index (χ0v) is 11.0. The number of rotatable bonds is 5. The SMILES string of the molecule is Clc1ccc(OCCSc2ncn[nH]2)c(Cl)c1. The number of benzene rings is 1. The van der Waals surface area contributed by atoms with E-state index in [1.807, 2.05) is 0 Å². The maximum absolute atomic E-state index is 5.96. The van der Waals surface area contributed by atoms with E-state index in [0.717, 1.165) is 10.9 Å². The van der Waals surface area contributed by atoms with Crippen molar-refractivity contribution in [3.05, 3.63) is 34.6 Å². The first-order valence-corrected chi connectivity index (χ1v) is 6.56. The lowest BCUT2D eigenvalue weighted by molar-refractivity contribution is 0.344. The van der Waals surface area contributed by atoms with Crippen LogP contribution in [0.2, 0.25) is 10.0 Å². The number of nitrogens with zero attached hydrogens (tertiary/aromatic N) is 2. The lowest BCUT2D eigenvalue weighted by Crippen LogP contribution is -2.00. The van der Waals surface area contributed by atoms with Crippen molar-refractivity contribution >= 4 is 35.0 Å². The number of aromatic amines is 1. The van der Waals surface area contributed by atoms with Gasteiger partial charge in [-0.2, -0.15) is 5.10 Å². The molecule has 1 heterocycles. The summed E-state index contributed by atoms with van der Waals surface area (Å²) in [5, 5.41) is 8.39. The summed E-state index contributed by atoms with van der Waals surface area (Å²) in [6, 6.07) is 5.15. The fourth-order valence-electron chi connectivity index (χ4n) is 1.15. The third-order valence-corrected chi connectivity index (χ3v) is 3.24. The van der Waals surface area contributed by atoms with Crippen LogP contribution in [0.1, 0.15) is 0 Å². The van der Waals surface area contributed by atoms with Crippen LogP contribution in [0.3, 0.4) is 0 Å². The molecule has 0 atom stereocenters. The zero-order chi connectivity index (χ0) is 12.1. The maximum Gasteiger partial charge on any atom is 0.183 e. The summed E-state index contributed by atoms with van der Waals surface area (Å²) in [5.74, 6) is 1.39. The van der Waals surface area contributed by atoms with Crippen LogP contribution < -0.4 is 4.74 Å². The van der Waals surface area contributed by atoms with E-state index in [4.69, 9.17) is 27.9 Å². The molecule has 0 bridgehead atoms. The minimum absolute atomic E-state index is 0.516. The zero-order valence-electron chi connectivity index (χ0n) is 8.69. The highest BCUT2D eigenvalue weighted by Gasteiger charge is 2.02. The summed E-state index contributed by atoms with van der Waals surface area (Å²) < 4.78 is 5.52. The lowest BCUT2D eigenvalue weighted by Gasteiger charge is -2.07. The molecule has 0 radical (unpaired) electrons. The number of ether oxygens (including phenoxy) is 1. The summed E-state index contributed by atoms with van der Waals surface area (Å²) >= 11 is 13.3. The maximum atomic E-state index is 5.96. The van der Waals surface area contributed by atoms with E-state index in [0.29, 0.717) is 22.4 Å². The Morgan fingerprint density at radius 1 is 1.35 bits per heavy atom. The van der Waals surface area contributed by atoms with Gasteiger partial charge in [-0.1, -0.05) is 35.0 Å². The van der Waals surface area contributed by atoms with Gasteiger partial charge in [0.05, 0.1) is 11.6 Å². The minimum Gasteiger partial charge on any atom is -0.491 e. The molecule has 0 aliphatic carbocycles. The summed E-state index contributed by atoms with van der Waals surface area (Å²) in [6.07, 6.45) is 1.47. The number of hydrogen-bond acceptors (Lipinski definition) is 4. The molecule has 0 amide bonds. The third-order valence-electron chi connectivity index (χ3n) is 1.87. The molecule has 0 saturated carbocycles. The monoisotopic (exact) mass is 289 g/mol. The average Bonchev–Trinajstić information content (AvgIpc) is 2.79. The van der Waals surface area contributed by atoms with Crippen LogP contribution in [0.4, 0.5) is 0 Å². The first-order valence-electron chi connectivity index (χ1n) is 4.82. The molecule has 4 nitrogen and oxygen atoms in total. The van der Waals surface area contributed by atoms with Crippen LogP contribution in [0.25, 0.3) is 0 Å². The van der Waals surface area contributed by atoms with Crippen LogP contribution in [0, 0.1) is 0 Å². The number of thioether (sulfide) groups is 1. The molecule has 17 heavy (non-hydrogen) atoms. The summed E-state index contributed by atoms with van der Waals surface area (Å²) in [5.41, 5.74) is 0. The lowest BCUT2D eigenvalue weighted by atomic mass is 10.3. The van der Waals surface area contributed by atoms with Crippen LogP contribution in [0.5, 0.6) is 5.75 Å². The van der Waals surface area contributed by atoms with Crippen molar-refractivity contribution in [1.29, 1.82) is 0 Å². The Morgan fingerprint density at radius 2 is 2.24 bits per heavy atom. The highest BCUT2D eigenvalue weighted by atomic mass is 35.5. The average molecular weight is 290 g/mol. The predicted molar refractivity (Wildman–Crippen MR) is 69.1 cm³/mol. The van der Waals surface area contributed by atoms with Crippen molar-refractivity contribution in [3.8, 4) is 5.75 Å². The molecule has 7 heteroatoms. The van der Waals surface area contributed by atoms with Gasteiger partial charge in [-0.05, 0) is 18.2 Å². The fraction of sp³-hybridized carbons (Fsp3) is 0.200. The van der Waals surface area contributed by atoms with Gasteiger partial charge in [0.1, 0.15) is 12.1 Å². The van der Waals surface area contributed by atoms with Crippen LogP contribution in [0.15, 0.2) is 29.7 Å². The molecule has 1 N–H and O–H groups in total. The van der Waals surface area contributed by atoms with E-state index in [9.17, 15) is 0 Å². The molecular formula is C10H9Cl2N3OS. The van der Waals surface area contributed by atoms with Gasteiger partial charge in [-0.3, -0.25) is 5.10 Å². The normalized spacial score (nSPS) is 10.5. The third kappa shape index (κ3) is 3.80. The molecule has 2 aromatic rings. The molecule has 2 rings (SSSR count). The van der Waals surface area contributed by atoms with Crippen molar-refractivity contribution in [2.45, 2.75) is 5.16 Å². The van der Waals surface area contributed by atoms with E-state index < -0.39 is 0 Å². The second-order valence-electron chi connectivity index (χ2n) is 3.06. The number of aromatic nitrogens is 3. The van der Waals surface area contributed by atoms with Crippen molar-refractivity contribution < 1.29 is 4.74 Å². The van der Waals surface area contributed by atoms with Gasteiger partial charge in [0, 0.05) is 10.8 Å². The van der Waals surface area contributed by atoms with Crippen molar-refractivity contribution in [2.24, 2.45) is 0 Å². The highest BCUT2D eigenvalue weighted by Crippen LogP contribution is 2.27. The number of hydrogen-bond donors (Lipinski definition) is 1. The van der Waals surface area contributed by atoms with Gasteiger partial charge in [0.2, 0.25) is 0 Å². The fourth-order valence-corrected chi connectivity index (χ4v) is 2.21. The van der Waals surface area contributed by atoms with Gasteiger partial charge >= 0.3 is 0 Å². The highest BCUT2D eigenvalue weighted by molar-refractivity contribution is 7.99.